The summed E-state index contributed by atoms with van der Waals surface area (Å²) in [5.41, 5.74) is 4.99. The molecule has 0 aromatic carbocycles. The Bertz CT molecular complexity index is 17.1. The van der Waals surface area contributed by atoms with Crippen LogP contribution in [0.2, 0.25) is 0 Å². The van der Waals surface area contributed by atoms with E-state index in [2.05, 4.69) is 0 Å². The van der Waals surface area contributed by atoms with E-state index in [0.717, 1.165) is 0 Å². The van der Waals surface area contributed by atoms with E-state index < -0.39 is 0 Å². The molecule has 32 valence electrons. The molecule has 0 saturated heterocycles. The zero-order valence-corrected chi connectivity index (χ0v) is 3.94. The van der Waals surface area contributed by atoms with Crippen molar-refractivity contribution in [1.82, 2.24) is 0 Å². The Balaban J connectivity index is 2.19. The molecule has 1 unspecified atom stereocenters. The molecule has 2 nitrogen and oxygen atoms in total. The molecule has 0 spiro atoms. The molecule has 0 radical (unpaired) electrons. The average molecular weight is 93.1 g/mol. The van der Waals surface area contributed by atoms with Crippen LogP contribution in [0.15, 0.2) is 0 Å². The van der Waals surface area contributed by atoms with Crippen LogP contribution in [-0.4, -0.2) is 17.7 Å². The molecule has 0 rings (SSSR count). The molecule has 0 aliphatic carbocycles. The lowest BCUT2D eigenvalue weighted by molar-refractivity contribution is 0.372. The first-order valence-electron chi connectivity index (χ1n) is 1.43. The molecule has 0 bridgehead atoms. The Hall–Kier alpha value is 0.350. The zero-order valence-electron chi connectivity index (χ0n) is 2.94. The van der Waals surface area contributed by atoms with Crippen molar-refractivity contribution in [3.8, 4) is 0 Å². The fourth-order valence-corrected chi connectivity index (χ4v) is 0.194. The first-order valence-corrected chi connectivity index (χ1v) is 2.85. The van der Waals surface area contributed by atoms with Gasteiger partial charge in [0.1, 0.15) is 0 Å². The molecular weight excluding hydrogens is 85.0 g/mol. The monoisotopic (exact) mass is 93.0 g/mol. The van der Waals surface area contributed by atoms with Crippen molar-refractivity contribution < 1.29 is 5.11 Å². The van der Waals surface area contributed by atoms with Crippen LogP contribution in [0.4, 0.5) is 0 Å². The van der Waals surface area contributed by atoms with E-state index in [-0.39, 0.29) is 6.35 Å². The quantitative estimate of drug-likeness (QED) is 0.453. The van der Waals surface area contributed by atoms with Crippen LogP contribution < -0.4 is 5.73 Å². The Morgan fingerprint density at radius 3 is 2.40 bits per heavy atom. The van der Waals surface area contributed by atoms with Gasteiger partial charge in [0.15, 0.2) is 0 Å². The van der Waals surface area contributed by atoms with Crippen molar-refractivity contribution in [1.29, 1.82) is 0 Å². The average Bonchev–Trinajstić information content (AvgIpc) is 1.41. The van der Waals surface area contributed by atoms with Gasteiger partial charge in [0, 0.05) is 6.29 Å². The maximum Gasteiger partial charge on any atom is 0.0608 e. The highest BCUT2D eigenvalue weighted by Crippen LogP contribution is 1.98. The summed E-state index contributed by atoms with van der Waals surface area (Å²) in [6, 6.07) is 0. The summed E-state index contributed by atoms with van der Waals surface area (Å²) in [5, 5.41) is 8.00. The second kappa shape index (κ2) is 4.35. The normalized spacial score (nSPS) is 10.8. The minimum absolute atomic E-state index is 0.247. The Morgan fingerprint density at radius 1 is 1.80 bits per heavy atom. The predicted molar refractivity (Wildman–Crippen MR) is 24.5 cm³/mol. The molecule has 0 fully saturated rings. The van der Waals surface area contributed by atoms with Crippen molar-refractivity contribution in [3.63, 3.8) is 0 Å². The lowest BCUT2D eigenvalue weighted by atomic mass is 11.5. The molecular formula is C2H8NOP. The number of nitrogens with two attached hydrogens (primary N) is 1. The predicted octanol–water partition coefficient (Wildman–Crippen LogP) is -0.469. The van der Waals surface area contributed by atoms with Gasteiger partial charge in [-0.3, -0.25) is 0 Å². The number of hydrogen-bond donors (Lipinski definition) is 2. The Morgan fingerprint density at radius 2 is 2.40 bits per heavy atom. The van der Waals surface area contributed by atoms with E-state index in [1.807, 2.05) is 0 Å². The number of aliphatic hydroxyl groups is 1. The van der Waals surface area contributed by atoms with Gasteiger partial charge in [-0.1, -0.05) is 8.58 Å². The van der Waals surface area contributed by atoms with E-state index in [0.29, 0.717) is 14.9 Å². The molecule has 0 aliphatic rings. The molecule has 3 heteroatoms. The van der Waals surface area contributed by atoms with Crippen LogP contribution in [-0.2, 0) is 0 Å². The van der Waals surface area contributed by atoms with Gasteiger partial charge in [0.05, 0.1) is 6.35 Å². The van der Waals surface area contributed by atoms with Crippen molar-refractivity contribution >= 4 is 8.58 Å². The number of rotatable bonds is 2. The van der Waals surface area contributed by atoms with Crippen molar-refractivity contribution in [3.05, 3.63) is 0 Å². The number of aliphatic hydroxyl groups excluding tert-OH is 1. The van der Waals surface area contributed by atoms with Crippen LogP contribution in [0.3, 0.4) is 0 Å². The third-order valence-electron chi connectivity index (χ3n) is 0.256. The maximum absolute atomic E-state index is 8.00. The van der Waals surface area contributed by atoms with Crippen LogP contribution >= 0.6 is 8.58 Å². The zero-order chi connectivity index (χ0) is 4.12. The van der Waals surface area contributed by atoms with Crippen molar-refractivity contribution in [2.24, 2.45) is 5.73 Å². The van der Waals surface area contributed by atoms with Crippen LogP contribution in [0.5, 0.6) is 0 Å². The lowest BCUT2D eigenvalue weighted by Crippen LogP contribution is -1.89. The van der Waals surface area contributed by atoms with E-state index >= 15 is 0 Å². The second-order valence-corrected chi connectivity index (χ2v) is 1.84. The summed E-state index contributed by atoms with van der Waals surface area (Å²) >= 11 is 0. The molecule has 0 heterocycles. The van der Waals surface area contributed by atoms with Crippen molar-refractivity contribution in [2.45, 2.75) is 0 Å². The molecule has 0 saturated carbocycles. The van der Waals surface area contributed by atoms with Gasteiger partial charge in [-0.2, -0.15) is 0 Å². The van der Waals surface area contributed by atoms with Gasteiger partial charge in [-0.05, 0) is 0 Å². The molecule has 0 aromatic rings. The van der Waals surface area contributed by atoms with Gasteiger partial charge in [-0.15, -0.1) is 0 Å². The minimum atomic E-state index is 0.247. The third kappa shape index (κ3) is 4.35. The van der Waals surface area contributed by atoms with Crippen molar-refractivity contribution in [2.75, 3.05) is 12.6 Å². The van der Waals surface area contributed by atoms with Gasteiger partial charge >= 0.3 is 0 Å². The maximum atomic E-state index is 8.00. The first-order chi connectivity index (χ1) is 2.41. The first kappa shape index (κ1) is 5.35. The minimum Gasteiger partial charge on any atom is -0.392 e. The summed E-state index contributed by atoms with van der Waals surface area (Å²) in [6.45, 7) is 0. The smallest absolute Gasteiger partial charge is 0.0608 e. The fourth-order valence-electron chi connectivity index (χ4n) is 0.0645. The number of hydrogen-bond acceptors (Lipinski definition) is 2. The highest BCUT2D eigenvalue weighted by Gasteiger charge is 1.67. The summed E-state index contributed by atoms with van der Waals surface area (Å²) in [7, 11) is 0.531. The molecule has 0 aliphatic heterocycles. The fraction of sp³-hybridized carbons (Fsp3) is 1.00. The summed E-state index contributed by atoms with van der Waals surface area (Å²) in [5.74, 6) is 0. The topological polar surface area (TPSA) is 46.2 Å². The van der Waals surface area contributed by atoms with Gasteiger partial charge in [-0.25, -0.2) is 0 Å². The van der Waals surface area contributed by atoms with E-state index in [9.17, 15) is 0 Å². The molecule has 5 heavy (non-hydrogen) atoms. The highest BCUT2D eigenvalue weighted by molar-refractivity contribution is 7.37. The Labute approximate surface area is 33.2 Å². The summed E-state index contributed by atoms with van der Waals surface area (Å²) < 4.78 is 0. The van der Waals surface area contributed by atoms with E-state index in [1.165, 1.54) is 0 Å². The van der Waals surface area contributed by atoms with Crippen LogP contribution in [0, 0.1) is 0 Å². The van der Waals surface area contributed by atoms with E-state index in [4.69, 9.17) is 10.8 Å². The SMILES string of the molecule is NCPCO. The highest BCUT2D eigenvalue weighted by atomic mass is 31.1. The molecule has 0 aromatic heterocycles. The molecule has 0 amide bonds. The molecule has 3 N–H and O–H groups in total. The van der Waals surface area contributed by atoms with Gasteiger partial charge < -0.3 is 10.8 Å². The second-order valence-electron chi connectivity index (χ2n) is 0.612. The Kier molecular flexibility index (Phi) is 4.65. The lowest BCUT2D eigenvalue weighted by Gasteiger charge is -1.81. The third-order valence-corrected chi connectivity index (χ3v) is 0.768. The van der Waals surface area contributed by atoms with E-state index in [1.54, 1.807) is 0 Å². The largest absolute Gasteiger partial charge is 0.392 e. The summed E-state index contributed by atoms with van der Waals surface area (Å²) in [4.78, 5) is 0. The summed E-state index contributed by atoms with van der Waals surface area (Å²) in [6.07, 6.45) is 0.868. The van der Waals surface area contributed by atoms with Crippen LogP contribution in [0.25, 0.3) is 0 Å². The standard InChI is InChI=1S/C2H8NOP/c3-1-5-2-4/h4-5H,1-3H2. The van der Waals surface area contributed by atoms with Gasteiger partial charge in [0.2, 0.25) is 0 Å². The molecule has 1 atom stereocenters. The van der Waals surface area contributed by atoms with Gasteiger partial charge in [0.25, 0.3) is 0 Å². The van der Waals surface area contributed by atoms with Crippen LogP contribution in [0.1, 0.15) is 0 Å².